The van der Waals surface area contributed by atoms with Gasteiger partial charge in [-0.05, 0) is 37.3 Å². The Hall–Kier alpha value is -3.29. The smallest absolute Gasteiger partial charge is 0.267 e. The maximum Gasteiger partial charge on any atom is 0.272 e. The first-order valence-electron chi connectivity index (χ1n) is 7.28. The highest BCUT2D eigenvalue weighted by molar-refractivity contribution is 6.00. The zero-order valence-electron chi connectivity index (χ0n) is 12.8. The Morgan fingerprint density at radius 3 is 2.62 bits per heavy atom. The fourth-order valence-corrected chi connectivity index (χ4v) is 2.25. The van der Waals surface area contributed by atoms with E-state index in [1.807, 2.05) is 6.92 Å². The minimum atomic E-state index is -0.737. The number of nitrogens with one attached hydrogen (secondary N) is 2. The quantitative estimate of drug-likeness (QED) is 0.716. The molecule has 0 unspecified atom stereocenters. The van der Waals surface area contributed by atoms with Gasteiger partial charge in [0, 0.05) is 12.1 Å². The molecule has 0 saturated heterocycles. The molecule has 8 heteroatoms. The maximum atomic E-state index is 13.5. The largest absolute Gasteiger partial charge is 0.272 e. The first-order valence-corrected chi connectivity index (χ1v) is 7.28. The van der Waals surface area contributed by atoms with E-state index >= 15 is 0 Å². The van der Waals surface area contributed by atoms with Gasteiger partial charge in [0.25, 0.3) is 11.8 Å². The molecule has 0 aliphatic carbocycles. The van der Waals surface area contributed by atoms with E-state index in [1.54, 1.807) is 22.9 Å². The topological polar surface area (TPSA) is 88.9 Å². The normalized spacial score (nSPS) is 10.6. The van der Waals surface area contributed by atoms with Crippen molar-refractivity contribution in [1.29, 1.82) is 0 Å². The number of aryl methyl sites for hydroxylation is 1. The number of carbonyl (C=O) groups is 2. The molecule has 0 atom stereocenters. The molecule has 24 heavy (non-hydrogen) atoms. The Bertz CT molecular complexity index is 922. The number of hydrazine groups is 1. The van der Waals surface area contributed by atoms with E-state index in [1.165, 1.54) is 24.3 Å². The fourth-order valence-electron chi connectivity index (χ4n) is 2.25. The summed E-state index contributed by atoms with van der Waals surface area (Å²) in [5.41, 5.74) is 5.97. The number of halogens is 1. The average molecular weight is 327 g/mol. The van der Waals surface area contributed by atoms with Crippen molar-refractivity contribution in [2.75, 3.05) is 0 Å². The van der Waals surface area contributed by atoms with Gasteiger partial charge in [0.2, 0.25) is 0 Å². The molecule has 2 amide bonds. The van der Waals surface area contributed by atoms with Gasteiger partial charge in [-0.3, -0.25) is 20.4 Å². The summed E-state index contributed by atoms with van der Waals surface area (Å²) in [5, 5.41) is 7.94. The molecular weight excluding hydrogens is 313 g/mol. The second-order valence-electron chi connectivity index (χ2n) is 5.00. The molecule has 1 heterocycles. The first kappa shape index (κ1) is 15.6. The van der Waals surface area contributed by atoms with Crippen LogP contribution in [0.15, 0.2) is 42.5 Å². The molecule has 2 N–H and O–H groups in total. The van der Waals surface area contributed by atoms with Crippen molar-refractivity contribution >= 4 is 22.8 Å². The number of benzene rings is 2. The SMILES string of the molecule is CCn1nnc2cc(C(=O)NNC(=O)c3ccccc3F)ccc21. The molecule has 0 spiro atoms. The summed E-state index contributed by atoms with van der Waals surface area (Å²) >= 11 is 0. The highest BCUT2D eigenvalue weighted by Crippen LogP contribution is 2.13. The van der Waals surface area contributed by atoms with Crippen LogP contribution in [0.4, 0.5) is 4.39 Å². The summed E-state index contributed by atoms with van der Waals surface area (Å²) in [4.78, 5) is 24.0. The third kappa shape index (κ3) is 2.94. The lowest BCUT2D eigenvalue weighted by atomic mass is 10.2. The lowest BCUT2D eigenvalue weighted by Gasteiger charge is -2.08. The Morgan fingerprint density at radius 1 is 1.12 bits per heavy atom. The van der Waals surface area contributed by atoms with Gasteiger partial charge in [-0.1, -0.05) is 17.3 Å². The Labute approximate surface area is 136 Å². The van der Waals surface area contributed by atoms with Crippen LogP contribution in [0.1, 0.15) is 27.6 Å². The Morgan fingerprint density at radius 2 is 1.88 bits per heavy atom. The third-order valence-electron chi connectivity index (χ3n) is 3.48. The summed E-state index contributed by atoms with van der Waals surface area (Å²) in [6, 6.07) is 10.4. The number of rotatable bonds is 3. The predicted molar refractivity (Wildman–Crippen MR) is 84.5 cm³/mol. The van der Waals surface area contributed by atoms with Gasteiger partial charge in [0.1, 0.15) is 11.3 Å². The lowest BCUT2D eigenvalue weighted by Crippen LogP contribution is -2.41. The second kappa shape index (κ2) is 6.45. The van der Waals surface area contributed by atoms with Gasteiger partial charge < -0.3 is 0 Å². The van der Waals surface area contributed by atoms with E-state index in [-0.39, 0.29) is 5.56 Å². The van der Waals surface area contributed by atoms with Crippen LogP contribution in [-0.4, -0.2) is 26.8 Å². The molecule has 7 nitrogen and oxygen atoms in total. The molecule has 2 aromatic carbocycles. The van der Waals surface area contributed by atoms with Crippen molar-refractivity contribution in [1.82, 2.24) is 25.8 Å². The molecule has 0 aliphatic rings. The number of amides is 2. The summed E-state index contributed by atoms with van der Waals surface area (Å²) in [6.45, 7) is 2.60. The standard InChI is InChI=1S/C16H14FN5O2/c1-2-22-14-8-7-10(9-13(14)18-21-22)15(23)19-20-16(24)11-5-3-4-6-12(11)17/h3-9H,2H2,1H3,(H,19,23)(H,20,24). The van der Waals surface area contributed by atoms with Gasteiger partial charge in [0.05, 0.1) is 11.1 Å². The van der Waals surface area contributed by atoms with Crippen molar-refractivity contribution in [3.63, 3.8) is 0 Å². The molecule has 0 fully saturated rings. The minimum Gasteiger partial charge on any atom is -0.267 e. The number of hydrogen-bond donors (Lipinski definition) is 2. The van der Waals surface area contributed by atoms with Crippen LogP contribution < -0.4 is 10.9 Å². The van der Waals surface area contributed by atoms with E-state index in [9.17, 15) is 14.0 Å². The number of carbonyl (C=O) groups excluding carboxylic acids is 2. The number of aromatic nitrogens is 3. The van der Waals surface area contributed by atoms with Gasteiger partial charge in [-0.25, -0.2) is 9.07 Å². The highest BCUT2D eigenvalue weighted by Gasteiger charge is 2.13. The molecule has 0 radical (unpaired) electrons. The lowest BCUT2D eigenvalue weighted by molar-refractivity contribution is 0.0844. The van der Waals surface area contributed by atoms with Crippen molar-refractivity contribution < 1.29 is 14.0 Å². The second-order valence-corrected chi connectivity index (χ2v) is 5.00. The van der Waals surface area contributed by atoms with Crippen LogP contribution in [0, 0.1) is 5.82 Å². The van der Waals surface area contributed by atoms with Crippen LogP contribution in [-0.2, 0) is 6.54 Å². The molecule has 3 rings (SSSR count). The maximum absolute atomic E-state index is 13.5. The molecule has 3 aromatic rings. The van der Waals surface area contributed by atoms with Gasteiger partial charge >= 0.3 is 0 Å². The zero-order valence-corrected chi connectivity index (χ0v) is 12.8. The van der Waals surface area contributed by atoms with Crippen LogP contribution in [0.25, 0.3) is 11.0 Å². The van der Waals surface area contributed by atoms with E-state index in [0.717, 1.165) is 5.52 Å². The van der Waals surface area contributed by atoms with Gasteiger partial charge in [-0.2, -0.15) is 0 Å². The van der Waals surface area contributed by atoms with Crippen molar-refractivity contribution in [2.45, 2.75) is 13.5 Å². The van der Waals surface area contributed by atoms with E-state index < -0.39 is 17.6 Å². The number of nitrogens with zero attached hydrogens (tertiary/aromatic N) is 3. The zero-order chi connectivity index (χ0) is 17.1. The minimum absolute atomic E-state index is 0.154. The molecule has 0 aliphatic heterocycles. The molecular formula is C16H14FN5O2. The van der Waals surface area contributed by atoms with Gasteiger partial charge in [0.15, 0.2) is 0 Å². The van der Waals surface area contributed by atoms with E-state index in [4.69, 9.17) is 0 Å². The molecule has 122 valence electrons. The van der Waals surface area contributed by atoms with E-state index in [2.05, 4.69) is 21.2 Å². The fraction of sp³-hybridized carbons (Fsp3) is 0.125. The molecule has 1 aromatic heterocycles. The summed E-state index contributed by atoms with van der Waals surface area (Å²) < 4.78 is 15.2. The number of hydrogen-bond acceptors (Lipinski definition) is 4. The Kier molecular flexibility index (Phi) is 4.19. The highest BCUT2D eigenvalue weighted by atomic mass is 19.1. The van der Waals surface area contributed by atoms with Crippen molar-refractivity contribution in [2.24, 2.45) is 0 Å². The third-order valence-corrected chi connectivity index (χ3v) is 3.48. The van der Waals surface area contributed by atoms with Crippen molar-refractivity contribution in [3.05, 3.63) is 59.4 Å². The first-order chi connectivity index (χ1) is 11.6. The van der Waals surface area contributed by atoms with Crippen LogP contribution >= 0.6 is 0 Å². The van der Waals surface area contributed by atoms with Crippen LogP contribution in [0.2, 0.25) is 0 Å². The van der Waals surface area contributed by atoms with Crippen LogP contribution in [0.5, 0.6) is 0 Å². The molecule has 0 saturated carbocycles. The Balaban J connectivity index is 1.71. The summed E-state index contributed by atoms with van der Waals surface area (Å²) in [7, 11) is 0. The predicted octanol–water partition coefficient (Wildman–Crippen LogP) is 1.67. The van der Waals surface area contributed by atoms with Crippen LogP contribution in [0.3, 0.4) is 0 Å². The average Bonchev–Trinajstić information content (AvgIpc) is 3.02. The molecule has 0 bridgehead atoms. The monoisotopic (exact) mass is 327 g/mol. The number of fused-ring (bicyclic) bond motifs is 1. The summed E-state index contributed by atoms with van der Waals surface area (Å²) in [6.07, 6.45) is 0. The van der Waals surface area contributed by atoms with Crippen molar-refractivity contribution in [3.8, 4) is 0 Å². The van der Waals surface area contributed by atoms with E-state index in [0.29, 0.717) is 17.6 Å². The summed E-state index contributed by atoms with van der Waals surface area (Å²) in [5.74, 6) is -1.94. The van der Waals surface area contributed by atoms with Gasteiger partial charge in [-0.15, -0.1) is 5.10 Å².